The first-order valence-corrected chi connectivity index (χ1v) is 6.11. The minimum Gasteiger partial charge on any atom is -0.394 e. The molecule has 8 heteroatoms. The van der Waals surface area contributed by atoms with Crippen LogP contribution in [0.5, 0.6) is 0 Å². The van der Waals surface area contributed by atoms with Crippen LogP contribution >= 0.6 is 0 Å². The smallest absolute Gasteiger partial charge is 0.330 e. The van der Waals surface area contributed by atoms with Crippen LogP contribution in [0.3, 0.4) is 0 Å². The van der Waals surface area contributed by atoms with Crippen LogP contribution in [-0.2, 0) is 9.53 Å². The number of ketones is 1. The quantitative estimate of drug-likeness (QED) is 0.617. The van der Waals surface area contributed by atoms with Crippen LogP contribution in [0.2, 0.25) is 0 Å². The standard InChI is InChI=1S/C12H16N2O6/c1-6-4-14(11(18)13-10(6)17)9-3-12(19,7(2)16)8(5-15)20-9/h4,8-9,15,19H,3,5H2,1-2H3,(H,13,17,18)/t8-,9-,12+/m1/s1. The van der Waals surface area contributed by atoms with Crippen LogP contribution in [0.15, 0.2) is 15.8 Å². The molecule has 0 aliphatic carbocycles. The molecule has 1 aliphatic rings. The van der Waals surface area contributed by atoms with Gasteiger partial charge in [-0.15, -0.1) is 0 Å². The fourth-order valence-electron chi connectivity index (χ4n) is 2.28. The minimum absolute atomic E-state index is 0.168. The predicted molar refractivity (Wildman–Crippen MR) is 67.3 cm³/mol. The van der Waals surface area contributed by atoms with Crippen molar-refractivity contribution in [3.63, 3.8) is 0 Å². The van der Waals surface area contributed by atoms with Crippen molar-refractivity contribution in [2.75, 3.05) is 6.61 Å². The number of carbonyl (C=O) groups excluding carboxylic acids is 1. The third-order valence-corrected chi connectivity index (χ3v) is 3.57. The molecule has 0 saturated carbocycles. The number of aromatic amines is 1. The molecule has 20 heavy (non-hydrogen) atoms. The van der Waals surface area contributed by atoms with Crippen LogP contribution in [0, 0.1) is 6.92 Å². The fourth-order valence-corrected chi connectivity index (χ4v) is 2.28. The molecule has 2 rings (SSSR count). The molecule has 3 N–H and O–H groups in total. The van der Waals surface area contributed by atoms with E-state index in [0.29, 0.717) is 5.56 Å². The van der Waals surface area contributed by atoms with Gasteiger partial charge in [-0.1, -0.05) is 0 Å². The number of aromatic nitrogens is 2. The topological polar surface area (TPSA) is 122 Å². The van der Waals surface area contributed by atoms with E-state index in [0.717, 1.165) is 4.57 Å². The van der Waals surface area contributed by atoms with Gasteiger partial charge >= 0.3 is 5.69 Å². The average molecular weight is 284 g/mol. The van der Waals surface area contributed by atoms with Crippen molar-refractivity contribution in [1.82, 2.24) is 9.55 Å². The van der Waals surface area contributed by atoms with E-state index >= 15 is 0 Å². The van der Waals surface area contributed by atoms with E-state index in [-0.39, 0.29) is 6.42 Å². The number of Topliss-reactive ketones (excluding diaryl/α,β-unsaturated/α-hetero) is 1. The van der Waals surface area contributed by atoms with Crippen LogP contribution in [0.25, 0.3) is 0 Å². The summed E-state index contributed by atoms with van der Waals surface area (Å²) in [6.07, 6.45) is -0.904. The van der Waals surface area contributed by atoms with E-state index in [9.17, 15) is 24.6 Å². The number of nitrogens with one attached hydrogen (secondary N) is 1. The van der Waals surface area contributed by atoms with Gasteiger partial charge in [0.25, 0.3) is 5.56 Å². The molecule has 1 aromatic rings. The second kappa shape index (κ2) is 4.97. The zero-order valence-electron chi connectivity index (χ0n) is 11.1. The molecule has 0 bridgehead atoms. The maximum atomic E-state index is 11.8. The maximum absolute atomic E-state index is 11.8. The summed E-state index contributed by atoms with van der Waals surface area (Å²) in [5, 5.41) is 19.5. The van der Waals surface area contributed by atoms with Gasteiger partial charge < -0.3 is 14.9 Å². The number of aryl methyl sites for hydroxylation is 1. The van der Waals surface area contributed by atoms with Crippen molar-refractivity contribution in [1.29, 1.82) is 0 Å². The number of aliphatic hydroxyl groups is 2. The molecular weight excluding hydrogens is 268 g/mol. The molecule has 2 heterocycles. The second-order valence-corrected chi connectivity index (χ2v) is 4.93. The average Bonchev–Trinajstić information content (AvgIpc) is 2.72. The lowest BCUT2D eigenvalue weighted by atomic mass is 9.91. The maximum Gasteiger partial charge on any atom is 0.330 e. The summed E-state index contributed by atoms with van der Waals surface area (Å²) in [7, 11) is 0. The summed E-state index contributed by atoms with van der Waals surface area (Å²) >= 11 is 0. The summed E-state index contributed by atoms with van der Waals surface area (Å²) in [6, 6.07) is 0. The zero-order valence-corrected chi connectivity index (χ0v) is 11.1. The monoisotopic (exact) mass is 284 g/mol. The normalized spacial score (nSPS) is 29.6. The molecule has 1 aliphatic heterocycles. The molecule has 1 aromatic heterocycles. The Labute approximate surface area is 113 Å². The molecule has 0 radical (unpaired) electrons. The summed E-state index contributed by atoms with van der Waals surface area (Å²) in [5.74, 6) is -0.548. The predicted octanol–water partition coefficient (Wildman–Crippen LogP) is -1.56. The van der Waals surface area contributed by atoms with E-state index in [2.05, 4.69) is 4.98 Å². The minimum atomic E-state index is -1.84. The van der Waals surface area contributed by atoms with Crippen molar-refractivity contribution in [3.05, 3.63) is 32.6 Å². The van der Waals surface area contributed by atoms with Crippen molar-refractivity contribution >= 4 is 5.78 Å². The zero-order chi connectivity index (χ0) is 15.1. The van der Waals surface area contributed by atoms with Gasteiger partial charge in [-0.2, -0.15) is 0 Å². The van der Waals surface area contributed by atoms with E-state index in [1.165, 1.54) is 20.0 Å². The molecule has 0 amide bonds. The van der Waals surface area contributed by atoms with Gasteiger partial charge in [0.2, 0.25) is 0 Å². The fraction of sp³-hybridized carbons (Fsp3) is 0.583. The largest absolute Gasteiger partial charge is 0.394 e. The Morgan fingerprint density at radius 1 is 1.60 bits per heavy atom. The van der Waals surface area contributed by atoms with E-state index in [1.54, 1.807) is 0 Å². The number of H-pyrrole nitrogens is 1. The second-order valence-electron chi connectivity index (χ2n) is 4.93. The lowest BCUT2D eigenvalue weighted by Gasteiger charge is -2.23. The molecule has 0 spiro atoms. The molecule has 0 unspecified atom stereocenters. The van der Waals surface area contributed by atoms with Crippen LogP contribution in [-0.4, -0.2) is 43.9 Å². The molecule has 1 saturated heterocycles. The highest BCUT2D eigenvalue weighted by Gasteiger charge is 2.51. The van der Waals surface area contributed by atoms with Gasteiger partial charge in [0.1, 0.15) is 12.3 Å². The lowest BCUT2D eigenvalue weighted by molar-refractivity contribution is -0.144. The highest BCUT2D eigenvalue weighted by Crippen LogP contribution is 2.36. The Hall–Kier alpha value is -1.77. The Balaban J connectivity index is 2.42. The van der Waals surface area contributed by atoms with Crippen molar-refractivity contribution < 1.29 is 19.7 Å². The van der Waals surface area contributed by atoms with E-state index in [1.807, 2.05) is 0 Å². The highest BCUT2D eigenvalue weighted by atomic mass is 16.5. The Morgan fingerprint density at radius 2 is 2.25 bits per heavy atom. The van der Waals surface area contributed by atoms with Crippen molar-refractivity contribution in [2.45, 2.75) is 38.2 Å². The number of aliphatic hydroxyl groups excluding tert-OH is 1. The van der Waals surface area contributed by atoms with Gasteiger partial charge in [0.05, 0.1) is 6.61 Å². The molecule has 110 valence electrons. The summed E-state index contributed by atoms with van der Waals surface area (Å²) in [6.45, 7) is 2.16. The number of hydrogen-bond acceptors (Lipinski definition) is 6. The van der Waals surface area contributed by atoms with E-state index < -0.39 is 41.6 Å². The lowest BCUT2D eigenvalue weighted by Crippen LogP contribution is -2.46. The van der Waals surface area contributed by atoms with Gasteiger partial charge in [-0.3, -0.25) is 19.1 Å². The number of ether oxygens (including phenoxy) is 1. The Morgan fingerprint density at radius 3 is 2.75 bits per heavy atom. The highest BCUT2D eigenvalue weighted by molar-refractivity contribution is 5.85. The first-order chi connectivity index (χ1) is 9.29. The Bertz CT molecular complexity index is 648. The van der Waals surface area contributed by atoms with Crippen LogP contribution in [0.1, 0.15) is 25.1 Å². The number of hydrogen-bond donors (Lipinski definition) is 3. The molecule has 0 aromatic carbocycles. The Kier molecular flexibility index (Phi) is 3.63. The molecular formula is C12H16N2O6. The summed E-state index contributed by atoms with van der Waals surface area (Å²) in [4.78, 5) is 36.7. The molecule has 3 atom stereocenters. The molecule has 1 fully saturated rings. The number of nitrogens with zero attached hydrogens (tertiary/aromatic N) is 1. The third-order valence-electron chi connectivity index (χ3n) is 3.57. The van der Waals surface area contributed by atoms with Gasteiger partial charge in [-0.25, -0.2) is 4.79 Å². The van der Waals surface area contributed by atoms with Crippen LogP contribution in [0.4, 0.5) is 0 Å². The van der Waals surface area contributed by atoms with Gasteiger partial charge in [0.15, 0.2) is 11.4 Å². The molecule has 8 nitrogen and oxygen atoms in total. The summed E-state index contributed by atoms with van der Waals surface area (Å²) < 4.78 is 6.47. The van der Waals surface area contributed by atoms with Crippen molar-refractivity contribution in [3.8, 4) is 0 Å². The first kappa shape index (κ1) is 14.6. The van der Waals surface area contributed by atoms with Crippen LogP contribution < -0.4 is 11.2 Å². The van der Waals surface area contributed by atoms with Gasteiger partial charge in [0, 0.05) is 18.2 Å². The SMILES string of the molecule is CC(=O)[C@@]1(O)C[C@H](n2cc(C)c(=O)[nH]c2=O)O[C@@H]1CO. The first-order valence-electron chi connectivity index (χ1n) is 6.11. The third kappa shape index (κ3) is 2.21. The van der Waals surface area contributed by atoms with Crippen molar-refractivity contribution in [2.24, 2.45) is 0 Å². The van der Waals surface area contributed by atoms with Gasteiger partial charge in [-0.05, 0) is 13.8 Å². The number of carbonyl (C=O) groups is 1. The summed E-state index contributed by atoms with van der Waals surface area (Å²) in [5.41, 5.74) is -2.75. The number of rotatable bonds is 3. The van der Waals surface area contributed by atoms with E-state index in [4.69, 9.17) is 4.74 Å².